The van der Waals surface area contributed by atoms with Crippen LogP contribution in [0.5, 0.6) is 0 Å². The predicted molar refractivity (Wildman–Crippen MR) is 250 cm³/mol. The zero-order valence-corrected chi connectivity index (χ0v) is 33.8. The Morgan fingerprint density at radius 2 is 0.710 bits per heavy atom. The van der Waals surface area contributed by atoms with Gasteiger partial charge in [0, 0.05) is 44.2 Å². The standard InChI is InChI=1S/C55H37N7/c1-36-17-16-26-41(33-36)42-29-31-45-44-27-14-15-28-47(44)62(49(45)35-42)48-32-30-43(54-58-50(37-18-6-2-7-19-37)56-51(59-54)38-20-8-3-9-21-38)34-46(48)55-60-52(39-22-10-4-11-23-39)57-53(61-55)40-24-12-5-13-25-40/h2-35H,1H3. The SMILES string of the molecule is Cc1cccc(-c2ccc3c4ccccc4n(-c4ccc(-c5nc(-c6ccccc6)nc(-c6ccccc6)n5)cc4-c4nc(-c5ccccc5)nc(-c5ccccc5)n4)c3c2)c1. The highest BCUT2D eigenvalue weighted by molar-refractivity contribution is 6.10. The predicted octanol–water partition coefficient (Wildman–Crippen LogP) is 13.1. The molecule has 7 heteroatoms. The van der Waals surface area contributed by atoms with E-state index in [0.29, 0.717) is 34.9 Å². The van der Waals surface area contributed by atoms with E-state index in [9.17, 15) is 0 Å². The van der Waals surface area contributed by atoms with Crippen molar-refractivity contribution in [3.05, 3.63) is 212 Å². The summed E-state index contributed by atoms with van der Waals surface area (Å²) in [5, 5.41) is 2.30. The molecule has 292 valence electrons. The number of hydrogen-bond acceptors (Lipinski definition) is 6. The zero-order valence-electron chi connectivity index (χ0n) is 33.8. The summed E-state index contributed by atoms with van der Waals surface area (Å²) in [7, 11) is 0. The largest absolute Gasteiger partial charge is 0.308 e. The third-order valence-electron chi connectivity index (χ3n) is 11.2. The Bertz CT molecular complexity index is 3290. The maximum atomic E-state index is 5.28. The van der Waals surface area contributed by atoms with Gasteiger partial charge in [-0.3, -0.25) is 0 Å². The van der Waals surface area contributed by atoms with E-state index < -0.39 is 0 Å². The minimum atomic E-state index is 0.524. The number of benzene rings is 8. The molecule has 0 amide bonds. The van der Waals surface area contributed by atoms with E-state index in [1.807, 2.05) is 121 Å². The summed E-state index contributed by atoms with van der Waals surface area (Å²) in [6, 6.07) is 70.6. The van der Waals surface area contributed by atoms with Crippen LogP contribution in [0.3, 0.4) is 0 Å². The number of fused-ring (bicyclic) bond motifs is 3. The normalized spacial score (nSPS) is 11.3. The molecule has 8 aromatic carbocycles. The summed E-state index contributed by atoms with van der Waals surface area (Å²) in [5.74, 6) is 3.39. The molecule has 62 heavy (non-hydrogen) atoms. The Kier molecular flexibility index (Phi) is 9.24. The summed E-state index contributed by atoms with van der Waals surface area (Å²) in [4.78, 5) is 30.8. The van der Waals surface area contributed by atoms with Crippen molar-refractivity contribution >= 4 is 21.8 Å². The smallest absolute Gasteiger partial charge is 0.166 e. The first kappa shape index (κ1) is 36.6. The average Bonchev–Trinajstić information content (AvgIpc) is 3.68. The molecule has 0 saturated heterocycles. The van der Waals surface area contributed by atoms with Crippen molar-refractivity contribution in [2.45, 2.75) is 6.92 Å². The second-order valence-electron chi connectivity index (χ2n) is 15.3. The van der Waals surface area contributed by atoms with E-state index in [1.165, 1.54) is 5.56 Å². The molecule has 0 aliphatic heterocycles. The van der Waals surface area contributed by atoms with Crippen LogP contribution in [0.2, 0.25) is 0 Å². The molecule has 0 spiro atoms. The molecule has 0 atom stereocenters. The molecule has 0 N–H and O–H groups in total. The Balaban J connectivity index is 1.21. The van der Waals surface area contributed by atoms with Crippen LogP contribution in [0.25, 0.3) is 107 Å². The molecule has 0 saturated carbocycles. The molecule has 3 heterocycles. The highest BCUT2D eigenvalue weighted by Gasteiger charge is 2.22. The molecule has 7 nitrogen and oxygen atoms in total. The third-order valence-corrected chi connectivity index (χ3v) is 11.2. The van der Waals surface area contributed by atoms with Gasteiger partial charge in [0.15, 0.2) is 34.9 Å². The van der Waals surface area contributed by atoms with Crippen molar-refractivity contribution in [3.8, 4) is 85.1 Å². The van der Waals surface area contributed by atoms with Crippen molar-refractivity contribution in [3.63, 3.8) is 0 Å². The molecule has 0 aliphatic rings. The van der Waals surface area contributed by atoms with Gasteiger partial charge in [-0.15, -0.1) is 0 Å². The van der Waals surface area contributed by atoms with Crippen LogP contribution in [-0.4, -0.2) is 34.5 Å². The fraction of sp³-hybridized carbons (Fsp3) is 0.0182. The molecule has 0 fully saturated rings. The monoisotopic (exact) mass is 795 g/mol. The van der Waals surface area contributed by atoms with Gasteiger partial charge < -0.3 is 4.57 Å². The molecular weight excluding hydrogens is 759 g/mol. The highest BCUT2D eigenvalue weighted by Crippen LogP contribution is 2.40. The number of hydrogen-bond donors (Lipinski definition) is 0. The van der Waals surface area contributed by atoms with E-state index in [-0.39, 0.29) is 0 Å². The van der Waals surface area contributed by atoms with Crippen LogP contribution in [0.4, 0.5) is 0 Å². The van der Waals surface area contributed by atoms with E-state index in [0.717, 1.165) is 72.0 Å². The van der Waals surface area contributed by atoms with Crippen molar-refractivity contribution in [1.29, 1.82) is 0 Å². The average molecular weight is 796 g/mol. The maximum absolute atomic E-state index is 5.28. The lowest BCUT2D eigenvalue weighted by Gasteiger charge is -2.16. The highest BCUT2D eigenvalue weighted by atomic mass is 15.1. The van der Waals surface area contributed by atoms with Crippen molar-refractivity contribution in [2.75, 3.05) is 0 Å². The Labute approximate surface area is 358 Å². The van der Waals surface area contributed by atoms with Crippen molar-refractivity contribution in [1.82, 2.24) is 34.5 Å². The second-order valence-corrected chi connectivity index (χ2v) is 15.3. The summed E-state index contributed by atoms with van der Waals surface area (Å²) in [6.07, 6.45) is 0. The van der Waals surface area contributed by atoms with Crippen LogP contribution in [0, 0.1) is 6.92 Å². The molecule has 11 rings (SSSR count). The van der Waals surface area contributed by atoms with Gasteiger partial charge in [0.1, 0.15) is 0 Å². The molecule has 11 aromatic rings. The lowest BCUT2D eigenvalue weighted by atomic mass is 10.0. The lowest BCUT2D eigenvalue weighted by Crippen LogP contribution is -2.05. The van der Waals surface area contributed by atoms with E-state index in [1.54, 1.807) is 0 Å². The second kappa shape index (κ2) is 15.6. The zero-order chi connectivity index (χ0) is 41.4. The minimum absolute atomic E-state index is 0.524. The minimum Gasteiger partial charge on any atom is -0.308 e. The fourth-order valence-corrected chi connectivity index (χ4v) is 8.15. The Morgan fingerprint density at radius 1 is 0.290 bits per heavy atom. The molecule has 0 unspecified atom stereocenters. The van der Waals surface area contributed by atoms with Gasteiger partial charge in [-0.05, 0) is 48.4 Å². The summed E-state index contributed by atoms with van der Waals surface area (Å²) in [5.41, 5.74) is 11.7. The summed E-state index contributed by atoms with van der Waals surface area (Å²) in [6.45, 7) is 2.13. The number of para-hydroxylation sites is 1. The number of nitrogens with zero attached hydrogens (tertiary/aromatic N) is 7. The van der Waals surface area contributed by atoms with Crippen molar-refractivity contribution < 1.29 is 0 Å². The first-order chi connectivity index (χ1) is 30.6. The molecule has 0 bridgehead atoms. The molecule has 0 aliphatic carbocycles. The van der Waals surface area contributed by atoms with Crippen LogP contribution in [0.15, 0.2) is 206 Å². The van der Waals surface area contributed by atoms with Gasteiger partial charge in [-0.1, -0.05) is 181 Å². The van der Waals surface area contributed by atoms with Gasteiger partial charge in [0.25, 0.3) is 0 Å². The van der Waals surface area contributed by atoms with E-state index in [4.69, 9.17) is 29.9 Å². The molecule has 0 radical (unpaired) electrons. The summed E-state index contributed by atoms with van der Waals surface area (Å²) >= 11 is 0. The van der Waals surface area contributed by atoms with Gasteiger partial charge in [0.05, 0.1) is 16.7 Å². The van der Waals surface area contributed by atoms with Gasteiger partial charge >= 0.3 is 0 Å². The van der Waals surface area contributed by atoms with Crippen LogP contribution in [0.1, 0.15) is 5.56 Å². The van der Waals surface area contributed by atoms with E-state index in [2.05, 4.69) is 96.4 Å². The van der Waals surface area contributed by atoms with Gasteiger partial charge in [0.2, 0.25) is 0 Å². The van der Waals surface area contributed by atoms with Gasteiger partial charge in [-0.2, -0.15) is 0 Å². The first-order valence-electron chi connectivity index (χ1n) is 20.6. The van der Waals surface area contributed by atoms with Crippen LogP contribution >= 0.6 is 0 Å². The number of aromatic nitrogens is 7. The third kappa shape index (κ3) is 6.87. The number of aryl methyl sites for hydroxylation is 1. The summed E-state index contributed by atoms with van der Waals surface area (Å²) < 4.78 is 2.34. The van der Waals surface area contributed by atoms with Crippen LogP contribution in [-0.2, 0) is 0 Å². The maximum Gasteiger partial charge on any atom is 0.166 e. The van der Waals surface area contributed by atoms with Gasteiger partial charge in [-0.25, -0.2) is 29.9 Å². The van der Waals surface area contributed by atoms with Crippen molar-refractivity contribution in [2.24, 2.45) is 0 Å². The number of rotatable bonds is 8. The lowest BCUT2D eigenvalue weighted by molar-refractivity contribution is 1.06. The Hall–Kier alpha value is -8.42. The molecular formula is C55H37N7. The fourth-order valence-electron chi connectivity index (χ4n) is 8.15. The Morgan fingerprint density at radius 3 is 1.24 bits per heavy atom. The van der Waals surface area contributed by atoms with E-state index >= 15 is 0 Å². The topological polar surface area (TPSA) is 82.3 Å². The van der Waals surface area contributed by atoms with Crippen LogP contribution < -0.4 is 0 Å². The molecule has 3 aromatic heterocycles. The first-order valence-corrected chi connectivity index (χ1v) is 20.6. The quantitative estimate of drug-likeness (QED) is 0.152.